The number of aryl methyl sites for hydroxylation is 3. The first kappa shape index (κ1) is 20.7. The average Bonchev–Trinajstić information content (AvgIpc) is 3.08. The summed E-state index contributed by atoms with van der Waals surface area (Å²) in [5, 5.41) is 3.48. The SMILES string of the molecule is Cc1cccc(C(=O)Nc2ccccc2Sc2nc3c(c(=O)n(C)c(=O)n3C)n2C)c1. The van der Waals surface area contributed by atoms with Gasteiger partial charge in [0.1, 0.15) is 0 Å². The summed E-state index contributed by atoms with van der Waals surface area (Å²) in [6, 6.07) is 14.7. The van der Waals surface area contributed by atoms with Crippen molar-refractivity contribution >= 4 is 34.5 Å². The third kappa shape index (κ3) is 3.68. The van der Waals surface area contributed by atoms with Crippen molar-refractivity contribution in [1.29, 1.82) is 0 Å². The van der Waals surface area contributed by atoms with Gasteiger partial charge < -0.3 is 9.88 Å². The van der Waals surface area contributed by atoms with Crippen LogP contribution in [-0.2, 0) is 21.1 Å². The van der Waals surface area contributed by atoms with Crippen LogP contribution in [0.2, 0.25) is 0 Å². The Morgan fingerprint density at radius 3 is 2.45 bits per heavy atom. The zero-order valence-corrected chi connectivity index (χ0v) is 18.4. The topological polar surface area (TPSA) is 90.9 Å². The van der Waals surface area contributed by atoms with Gasteiger partial charge in [-0.1, -0.05) is 29.8 Å². The average molecular weight is 436 g/mol. The van der Waals surface area contributed by atoms with Crippen LogP contribution in [0.1, 0.15) is 15.9 Å². The first-order chi connectivity index (χ1) is 14.8. The smallest absolute Gasteiger partial charge is 0.321 e. The van der Waals surface area contributed by atoms with Crippen molar-refractivity contribution in [1.82, 2.24) is 18.7 Å². The lowest BCUT2D eigenvalue weighted by Crippen LogP contribution is -2.37. The van der Waals surface area contributed by atoms with Crippen LogP contribution in [0, 0.1) is 6.92 Å². The Morgan fingerprint density at radius 2 is 1.71 bits per heavy atom. The minimum absolute atomic E-state index is 0.210. The quantitative estimate of drug-likeness (QED) is 0.532. The number of nitrogens with one attached hydrogen (secondary N) is 1. The van der Waals surface area contributed by atoms with Crippen LogP contribution in [0.15, 0.2) is 68.2 Å². The van der Waals surface area contributed by atoms with E-state index in [0.717, 1.165) is 15.0 Å². The third-order valence-electron chi connectivity index (χ3n) is 5.05. The maximum Gasteiger partial charge on any atom is 0.332 e. The van der Waals surface area contributed by atoms with Crippen molar-refractivity contribution in [3.8, 4) is 0 Å². The molecule has 0 radical (unpaired) electrons. The minimum Gasteiger partial charge on any atom is -0.321 e. The maximum absolute atomic E-state index is 12.7. The van der Waals surface area contributed by atoms with Crippen LogP contribution in [0.25, 0.3) is 11.2 Å². The van der Waals surface area contributed by atoms with Gasteiger partial charge in [0.15, 0.2) is 16.3 Å². The molecule has 1 amide bonds. The number of nitrogens with zero attached hydrogens (tertiary/aromatic N) is 4. The zero-order valence-electron chi connectivity index (χ0n) is 17.5. The Bertz CT molecular complexity index is 1450. The second kappa shape index (κ2) is 7.92. The van der Waals surface area contributed by atoms with Gasteiger partial charge in [0.25, 0.3) is 11.5 Å². The fourth-order valence-electron chi connectivity index (χ4n) is 3.33. The molecule has 0 saturated heterocycles. The van der Waals surface area contributed by atoms with Crippen LogP contribution in [0.4, 0.5) is 5.69 Å². The molecule has 0 atom stereocenters. The number of para-hydroxylation sites is 1. The molecule has 2 aromatic heterocycles. The van der Waals surface area contributed by atoms with Gasteiger partial charge in [-0.25, -0.2) is 9.78 Å². The van der Waals surface area contributed by atoms with E-state index in [2.05, 4.69) is 10.3 Å². The van der Waals surface area contributed by atoms with Gasteiger partial charge in [-0.3, -0.25) is 18.7 Å². The van der Waals surface area contributed by atoms with E-state index in [-0.39, 0.29) is 5.91 Å². The van der Waals surface area contributed by atoms with Gasteiger partial charge in [0.05, 0.1) is 5.69 Å². The molecule has 0 spiro atoms. The highest BCUT2D eigenvalue weighted by molar-refractivity contribution is 7.99. The summed E-state index contributed by atoms with van der Waals surface area (Å²) in [4.78, 5) is 42.9. The highest BCUT2D eigenvalue weighted by Crippen LogP contribution is 2.33. The van der Waals surface area contributed by atoms with E-state index in [1.54, 1.807) is 24.7 Å². The van der Waals surface area contributed by atoms with E-state index in [1.807, 2.05) is 49.4 Å². The number of hydrogen-bond donors (Lipinski definition) is 1. The molecule has 1 N–H and O–H groups in total. The standard InChI is InChI=1S/C22H21N5O3S/c1-13-8-7-9-14(12-13)19(28)23-15-10-5-6-11-16(15)31-21-24-18-17(25(21)2)20(29)27(4)22(30)26(18)3/h5-12H,1-4H3,(H,23,28). The van der Waals surface area contributed by atoms with Crippen LogP contribution >= 0.6 is 11.8 Å². The lowest BCUT2D eigenvalue weighted by molar-refractivity contribution is 0.102. The molecule has 31 heavy (non-hydrogen) atoms. The highest BCUT2D eigenvalue weighted by Gasteiger charge is 2.19. The summed E-state index contributed by atoms with van der Waals surface area (Å²) in [6.07, 6.45) is 0. The fourth-order valence-corrected chi connectivity index (χ4v) is 4.26. The van der Waals surface area contributed by atoms with Crippen molar-refractivity contribution < 1.29 is 4.79 Å². The summed E-state index contributed by atoms with van der Waals surface area (Å²) >= 11 is 1.31. The Labute approximate surface area is 182 Å². The molecule has 4 aromatic rings. The van der Waals surface area contributed by atoms with E-state index < -0.39 is 11.2 Å². The van der Waals surface area contributed by atoms with Crippen molar-refractivity contribution in [2.45, 2.75) is 17.0 Å². The van der Waals surface area contributed by atoms with Crippen LogP contribution in [0.5, 0.6) is 0 Å². The molecule has 0 fully saturated rings. The molecule has 0 saturated carbocycles. The fraction of sp³-hybridized carbons (Fsp3) is 0.182. The molecule has 0 aliphatic rings. The molecule has 2 heterocycles. The number of aromatic nitrogens is 4. The van der Waals surface area contributed by atoms with Crippen LogP contribution in [-0.4, -0.2) is 24.6 Å². The van der Waals surface area contributed by atoms with Crippen molar-refractivity contribution in [2.24, 2.45) is 21.1 Å². The Hall–Kier alpha value is -3.59. The van der Waals surface area contributed by atoms with Crippen LogP contribution in [0.3, 0.4) is 0 Å². The summed E-state index contributed by atoms with van der Waals surface area (Å²) in [7, 11) is 4.76. The van der Waals surface area contributed by atoms with E-state index in [0.29, 0.717) is 27.6 Å². The number of rotatable bonds is 4. The lowest BCUT2D eigenvalue weighted by atomic mass is 10.1. The summed E-state index contributed by atoms with van der Waals surface area (Å²) < 4.78 is 4.08. The first-order valence-electron chi connectivity index (χ1n) is 9.55. The number of amides is 1. The summed E-state index contributed by atoms with van der Waals surface area (Å²) in [6.45, 7) is 1.93. The van der Waals surface area contributed by atoms with Crippen molar-refractivity contribution in [3.63, 3.8) is 0 Å². The molecule has 0 aliphatic carbocycles. The molecule has 2 aromatic carbocycles. The van der Waals surface area contributed by atoms with Crippen molar-refractivity contribution in [2.75, 3.05) is 5.32 Å². The van der Waals surface area contributed by atoms with E-state index in [4.69, 9.17) is 0 Å². The molecule has 4 rings (SSSR count). The number of imidazole rings is 1. The zero-order chi connectivity index (χ0) is 22.3. The Morgan fingerprint density at radius 1 is 0.968 bits per heavy atom. The molecule has 0 aliphatic heterocycles. The molecule has 0 unspecified atom stereocenters. The molecule has 158 valence electrons. The highest BCUT2D eigenvalue weighted by atomic mass is 32.2. The largest absolute Gasteiger partial charge is 0.332 e. The Balaban J connectivity index is 1.72. The van der Waals surface area contributed by atoms with Gasteiger partial charge in [-0.2, -0.15) is 0 Å². The van der Waals surface area contributed by atoms with Crippen LogP contribution < -0.4 is 16.6 Å². The van der Waals surface area contributed by atoms with E-state index in [9.17, 15) is 14.4 Å². The molecule has 8 nitrogen and oxygen atoms in total. The molecule has 9 heteroatoms. The summed E-state index contributed by atoms with van der Waals surface area (Å²) in [5.74, 6) is -0.210. The predicted octanol–water partition coefficient (Wildman–Crippen LogP) is 2.68. The molecular formula is C22H21N5O3S. The normalized spacial score (nSPS) is 11.1. The minimum atomic E-state index is -0.432. The van der Waals surface area contributed by atoms with E-state index in [1.165, 1.54) is 23.4 Å². The van der Waals surface area contributed by atoms with Gasteiger partial charge in [0, 0.05) is 31.6 Å². The predicted molar refractivity (Wildman–Crippen MR) is 121 cm³/mol. The molecular weight excluding hydrogens is 414 g/mol. The number of benzene rings is 2. The second-order valence-corrected chi connectivity index (χ2v) is 8.26. The summed E-state index contributed by atoms with van der Waals surface area (Å²) in [5.41, 5.74) is 2.03. The lowest BCUT2D eigenvalue weighted by Gasteiger charge is -2.11. The number of fused-ring (bicyclic) bond motifs is 1. The number of hydrogen-bond acceptors (Lipinski definition) is 5. The molecule has 0 bridgehead atoms. The second-order valence-electron chi connectivity index (χ2n) is 7.25. The number of carbonyl (C=O) groups is 1. The maximum atomic E-state index is 12.7. The van der Waals surface area contributed by atoms with Gasteiger partial charge in [-0.15, -0.1) is 0 Å². The first-order valence-corrected chi connectivity index (χ1v) is 10.4. The van der Waals surface area contributed by atoms with Gasteiger partial charge in [-0.05, 0) is 43.0 Å². The number of anilines is 1. The van der Waals surface area contributed by atoms with Gasteiger partial charge >= 0.3 is 5.69 Å². The van der Waals surface area contributed by atoms with Crippen molar-refractivity contribution in [3.05, 3.63) is 80.5 Å². The van der Waals surface area contributed by atoms with E-state index >= 15 is 0 Å². The Kier molecular flexibility index (Phi) is 5.28. The van der Waals surface area contributed by atoms with Gasteiger partial charge in [0.2, 0.25) is 0 Å². The third-order valence-corrected chi connectivity index (χ3v) is 6.17. The number of carbonyl (C=O) groups excluding carboxylic acids is 1. The monoisotopic (exact) mass is 435 g/mol.